The Bertz CT molecular complexity index is 1050. The van der Waals surface area contributed by atoms with E-state index in [1.165, 1.54) is 12.5 Å². The van der Waals surface area contributed by atoms with Crippen LogP contribution in [0.5, 0.6) is 0 Å². The van der Waals surface area contributed by atoms with Crippen LogP contribution in [-0.4, -0.2) is 22.4 Å². The number of hydrogen-bond donors (Lipinski definition) is 2. The van der Waals surface area contributed by atoms with Crippen LogP contribution < -0.4 is 11.1 Å². The molecule has 0 aliphatic heterocycles. The Balaban J connectivity index is 1.65. The van der Waals surface area contributed by atoms with Crippen LogP contribution in [0, 0.1) is 5.82 Å². The lowest BCUT2D eigenvalue weighted by molar-refractivity contribution is 0.0928. The number of hydrogen-bond acceptors (Lipinski definition) is 2. The van der Waals surface area contributed by atoms with Gasteiger partial charge in [-0.3, -0.25) is 9.59 Å². The predicted molar refractivity (Wildman–Crippen MR) is 110 cm³/mol. The Hall–Kier alpha value is -3.15. The van der Waals surface area contributed by atoms with Gasteiger partial charge >= 0.3 is 0 Å². The summed E-state index contributed by atoms with van der Waals surface area (Å²) in [6.45, 7) is 0.454. The van der Waals surface area contributed by atoms with Gasteiger partial charge in [0.2, 0.25) is 5.91 Å². The maximum atomic E-state index is 14.6. The lowest BCUT2D eigenvalue weighted by Gasteiger charge is -2.22. The van der Waals surface area contributed by atoms with Gasteiger partial charge in [-0.15, -0.1) is 0 Å². The van der Waals surface area contributed by atoms with Crippen molar-refractivity contribution < 1.29 is 14.0 Å². The predicted octanol–water partition coefficient (Wildman–Crippen LogP) is 3.99. The third kappa shape index (κ3) is 4.01. The molecule has 1 heterocycles. The number of nitrogens with zero attached hydrogens (tertiary/aromatic N) is 1. The lowest BCUT2D eigenvalue weighted by Crippen LogP contribution is -2.36. The molecule has 0 spiro atoms. The summed E-state index contributed by atoms with van der Waals surface area (Å²) in [4.78, 5) is 24.2. The van der Waals surface area contributed by atoms with Gasteiger partial charge in [0, 0.05) is 29.7 Å². The van der Waals surface area contributed by atoms with Gasteiger partial charge in [-0.05, 0) is 42.7 Å². The first-order chi connectivity index (χ1) is 14.0. The Morgan fingerprint density at radius 2 is 1.79 bits per heavy atom. The number of nitrogens with one attached hydrogen (secondary N) is 1. The Kier molecular flexibility index (Phi) is 5.34. The highest BCUT2D eigenvalue weighted by molar-refractivity contribution is 6.07. The number of rotatable bonds is 5. The van der Waals surface area contributed by atoms with Crippen LogP contribution in [0.25, 0.3) is 10.9 Å². The maximum absolute atomic E-state index is 14.6. The molecule has 1 fully saturated rings. The van der Waals surface area contributed by atoms with Crippen LogP contribution in [0.4, 0.5) is 4.39 Å². The number of amides is 2. The van der Waals surface area contributed by atoms with Crippen molar-refractivity contribution in [2.45, 2.75) is 44.7 Å². The van der Waals surface area contributed by atoms with Gasteiger partial charge in [-0.25, -0.2) is 4.39 Å². The van der Waals surface area contributed by atoms with Crippen LogP contribution in [-0.2, 0) is 6.54 Å². The smallest absolute Gasteiger partial charge is 0.253 e. The Morgan fingerprint density at radius 1 is 1.07 bits per heavy atom. The zero-order chi connectivity index (χ0) is 20.4. The van der Waals surface area contributed by atoms with Crippen LogP contribution >= 0.6 is 0 Å². The molecule has 3 N–H and O–H groups in total. The molecule has 150 valence electrons. The first-order valence-electron chi connectivity index (χ1n) is 10.00. The number of aromatic nitrogens is 1. The topological polar surface area (TPSA) is 77.1 Å². The lowest BCUT2D eigenvalue weighted by atomic mass is 9.95. The minimum absolute atomic E-state index is 0.155. The molecule has 1 aromatic heterocycles. The van der Waals surface area contributed by atoms with E-state index in [1.807, 2.05) is 22.8 Å². The van der Waals surface area contributed by atoms with Gasteiger partial charge in [0.05, 0.1) is 11.1 Å². The quantitative estimate of drug-likeness (QED) is 0.688. The van der Waals surface area contributed by atoms with Crippen molar-refractivity contribution in [2.75, 3.05) is 0 Å². The monoisotopic (exact) mass is 393 g/mol. The van der Waals surface area contributed by atoms with Gasteiger partial charge in [-0.1, -0.05) is 37.5 Å². The summed E-state index contributed by atoms with van der Waals surface area (Å²) in [6, 6.07) is 12.0. The summed E-state index contributed by atoms with van der Waals surface area (Å²) >= 11 is 0. The van der Waals surface area contributed by atoms with Gasteiger partial charge < -0.3 is 15.6 Å². The third-order valence-electron chi connectivity index (χ3n) is 5.63. The molecule has 1 saturated carbocycles. The molecule has 2 amide bonds. The van der Waals surface area contributed by atoms with Crippen LogP contribution in [0.1, 0.15) is 58.4 Å². The highest BCUT2D eigenvalue weighted by atomic mass is 19.1. The first kappa shape index (κ1) is 19.2. The van der Waals surface area contributed by atoms with Gasteiger partial charge in [0.1, 0.15) is 5.82 Å². The number of nitrogens with two attached hydrogens (primary N) is 1. The van der Waals surface area contributed by atoms with Gasteiger partial charge in [-0.2, -0.15) is 0 Å². The van der Waals surface area contributed by atoms with Crippen molar-refractivity contribution >= 4 is 22.7 Å². The first-order valence-corrected chi connectivity index (χ1v) is 10.00. The van der Waals surface area contributed by atoms with Gasteiger partial charge in [0.25, 0.3) is 5.91 Å². The summed E-state index contributed by atoms with van der Waals surface area (Å²) in [5.74, 6) is -1.11. The second kappa shape index (κ2) is 8.07. The fourth-order valence-corrected chi connectivity index (χ4v) is 4.09. The molecule has 4 rings (SSSR count). The van der Waals surface area contributed by atoms with Crippen molar-refractivity contribution in [3.63, 3.8) is 0 Å². The van der Waals surface area contributed by atoms with E-state index < -0.39 is 11.7 Å². The van der Waals surface area contributed by atoms with E-state index >= 15 is 0 Å². The Morgan fingerprint density at radius 3 is 2.48 bits per heavy atom. The molecular formula is C23H24FN3O2. The van der Waals surface area contributed by atoms with Crippen LogP contribution in [0.3, 0.4) is 0 Å². The molecule has 0 unspecified atom stereocenters. The summed E-state index contributed by atoms with van der Waals surface area (Å²) in [5.41, 5.74) is 7.68. The second-order valence-corrected chi connectivity index (χ2v) is 7.67. The number of benzene rings is 2. The van der Waals surface area contributed by atoms with Crippen molar-refractivity contribution in [3.8, 4) is 0 Å². The molecule has 3 aromatic rings. The van der Waals surface area contributed by atoms with Gasteiger partial charge in [0.15, 0.2) is 0 Å². The molecule has 0 atom stereocenters. The highest BCUT2D eigenvalue weighted by Crippen LogP contribution is 2.26. The fraction of sp³-hybridized carbons (Fsp3) is 0.304. The van der Waals surface area contributed by atoms with Crippen LogP contribution in [0.2, 0.25) is 0 Å². The average Bonchev–Trinajstić information content (AvgIpc) is 3.09. The van der Waals surface area contributed by atoms with E-state index in [1.54, 1.807) is 24.4 Å². The van der Waals surface area contributed by atoms with E-state index in [2.05, 4.69) is 5.32 Å². The molecule has 6 heteroatoms. The zero-order valence-corrected chi connectivity index (χ0v) is 16.2. The molecule has 0 bridgehead atoms. The standard InChI is InChI=1S/C23H24FN3O2/c24-19-7-4-8-20-21(19)18(23(29)26-17-5-2-1-3-6-17)14-27(20)13-15-9-11-16(12-10-15)22(25)28/h4,7-12,14,17H,1-3,5-6,13H2,(H2,25,28)(H,26,29). The molecule has 0 saturated heterocycles. The van der Waals surface area contributed by atoms with Crippen molar-refractivity contribution in [1.29, 1.82) is 0 Å². The molecule has 5 nitrogen and oxygen atoms in total. The van der Waals surface area contributed by atoms with E-state index in [9.17, 15) is 14.0 Å². The van der Waals surface area contributed by atoms with E-state index in [-0.39, 0.29) is 11.9 Å². The van der Waals surface area contributed by atoms with Crippen molar-refractivity contribution in [1.82, 2.24) is 9.88 Å². The van der Waals surface area contributed by atoms with Crippen molar-refractivity contribution in [3.05, 3.63) is 71.2 Å². The minimum atomic E-state index is -0.480. The molecule has 0 radical (unpaired) electrons. The molecule has 29 heavy (non-hydrogen) atoms. The van der Waals surface area contributed by atoms with Crippen molar-refractivity contribution in [2.24, 2.45) is 5.73 Å². The Labute approximate surface area is 168 Å². The average molecular weight is 393 g/mol. The number of halogens is 1. The fourth-order valence-electron chi connectivity index (χ4n) is 4.09. The maximum Gasteiger partial charge on any atom is 0.253 e. The van der Waals surface area contributed by atoms with E-state index in [0.717, 1.165) is 31.2 Å². The molecule has 2 aromatic carbocycles. The summed E-state index contributed by atoms with van der Waals surface area (Å²) < 4.78 is 16.5. The summed E-state index contributed by atoms with van der Waals surface area (Å²) in [6.07, 6.45) is 7.09. The second-order valence-electron chi connectivity index (χ2n) is 7.67. The largest absolute Gasteiger partial charge is 0.366 e. The normalized spacial score (nSPS) is 14.8. The van der Waals surface area contributed by atoms with E-state index in [4.69, 9.17) is 5.73 Å². The third-order valence-corrected chi connectivity index (χ3v) is 5.63. The molecule has 1 aliphatic carbocycles. The number of carbonyl (C=O) groups excluding carboxylic acids is 2. The molecule has 1 aliphatic rings. The minimum Gasteiger partial charge on any atom is -0.366 e. The number of fused-ring (bicyclic) bond motifs is 1. The highest BCUT2D eigenvalue weighted by Gasteiger charge is 2.22. The van der Waals surface area contributed by atoms with Crippen LogP contribution in [0.15, 0.2) is 48.7 Å². The number of carbonyl (C=O) groups is 2. The van der Waals surface area contributed by atoms with E-state index in [0.29, 0.717) is 28.6 Å². The SMILES string of the molecule is NC(=O)c1ccc(Cn2cc(C(=O)NC3CCCCC3)c3c(F)cccc32)cc1. The summed E-state index contributed by atoms with van der Waals surface area (Å²) in [7, 11) is 0. The zero-order valence-electron chi connectivity index (χ0n) is 16.2. The summed E-state index contributed by atoms with van der Waals surface area (Å²) in [5, 5.41) is 3.42. The number of primary amides is 1. The molecular weight excluding hydrogens is 369 g/mol.